The van der Waals surface area contributed by atoms with Crippen molar-refractivity contribution in [3.05, 3.63) is 113 Å². The molecule has 0 saturated heterocycles. The first-order valence-corrected chi connectivity index (χ1v) is 15.0. The molecule has 0 aromatic heterocycles. The van der Waals surface area contributed by atoms with E-state index < -0.39 is 11.8 Å². The van der Waals surface area contributed by atoms with Crippen LogP contribution in [0.5, 0.6) is 17.2 Å². The van der Waals surface area contributed by atoms with E-state index in [-0.39, 0.29) is 17.4 Å². The number of hydrogen-bond acceptors (Lipinski definition) is 7. The lowest BCUT2D eigenvalue weighted by atomic mass is 10.1. The lowest BCUT2D eigenvalue weighted by molar-refractivity contribution is -0.114. The van der Waals surface area contributed by atoms with Crippen molar-refractivity contribution < 1.29 is 28.6 Å². The van der Waals surface area contributed by atoms with Gasteiger partial charge in [0.05, 0.1) is 27.1 Å². The topological polar surface area (TPSA) is 115 Å². The summed E-state index contributed by atoms with van der Waals surface area (Å²) in [6.45, 7) is 3.96. The monoisotopic (exact) mass is 625 g/mol. The van der Waals surface area contributed by atoms with Crippen LogP contribution in [0.3, 0.4) is 0 Å². The number of hydrogen-bond donors (Lipinski definition) is 3. The van der Waals surface area contributed by atoms with Crippen LogP contribution in [0.15, 0.2) is 95.5 Å². The number of amides is 3. The molecule has 10 heteroatoms. The fraction of sp³-hybridized carbons (Fsp3) is 0.171. The maximum Gasteiger partial charge on any atom is 0.272 e. The third kappa shape index (κ3) is 9.14. The third-order valence-corrected chi connectivity index (χ3v) is 7.53. The van der Waals surface area contributed by atoms with Crippen molar-refractivity contribution in [2.75, 3.05) is 37.7 Å². The predicted molar refractivity (Wildman–Crippen MR) is 178 cm³/mol. The molecule has 45 heavy (non-hydrogen) atoms. The van der Waals surface area contributed by atoms with Crippen molar-refractivity contribution in [2.45, 2.75) is 18.7 Å². The quantitative estimate of drug-likeness (QED) is 0.122. The first-order chi connectivity index (χ1) is 21.7. The molecule has 0 aliphatic carbocycles. The third-order valence-electron chi connectivity index (χ3n) is 6.53. The van der Waals surface area contributed by atoms with Gasteiger partial charge >= 0.3 is 0 Å². The molecule has 4 rings (SSSR count). The fourth-order valence-corrected chi connectivity index (χ4v) is 5.27. The molecular weight excluding hydrogens is 590 g/mol. The average molecular weight is 626 g/mol. The Hall–Kier alpha value is -5.22. The molecule has 0 heterocycles. The first kappa shape index (κ1) is 32.7. The zero-order valence-electron chi connectivity index (χ0n) is 25.7. The van der Waals surface area contributed by atoms with E-state index in [1.54, 1.807) is 60.7 Å². The summed E-state index contributed by atoms with van der Waals surface area (Å²) in [5, 5.41) is 8.52. The normalized spacial score (nSPS) is 10.9. The number of methoxy groups -OCH3 is 3. The number of carbonyl (C=O) groups is 3. The van der Waals surface area contributed by atoms with Gasteiger partial charge in [-0.3, -0.25) is 14.4 Å². The van der Waals surface area contributed by atoms with Crippen molar-refractivity contribution >= 4 is 46.9 Å². The van der Waals surface area contributed by atoms with Crippen LogP contribution in [-0.2, 0) is 9.59 Å². The Balaban J connectivity index is 1.55. The average Bonchev–Trinajstić information content (AvgIpc) is 3.03. The van der Waals surface area contributed by atoms with Crippen LogP contribution in [-0.4, -0.2) is 44.8 Å². The Kier molecular flexibility index (Phi) is 11.3. The molecule has 4 aromatic rings. The van der Waals surface area contributed by atoms with Gasteiger partial charge in [-0.05, 0) is 79.6 Å². The molecule has 4 aromatic carbocycles. The molecule has 232 valence electrons. The molecule has 0 saturated carbocycles. The van der Waals surface area contributed by atoms with E-state index in [0.29, 0.717) is 34.1 Å². The minimum Gasteiger partial charge on any atom is -0.496 e. The minimum atomic E-state index is -0.564. The Bertz CT molecular complexity index is 1700. The van der Waals surface area contributed by atoms with E-state index in [9.17, 15) is 14.4 Å². The largest absolute Gasteiger partial charge is 0.496 e. The van der Waals surface area contributed by atoms with E-state index in [2.05, 4.69) is 16.0 Å². The second-order valence-electron chi connectivity index (χ2n) is 10.0. The zero-order chi connectivity index (χ0) is 32.3. The molecule has 3 N–H and O–H groups in total. The highest BCUT2D eigenvalue weighted by atomic mass is 32.2. The van der Waals surface area contributed by atoms with Gasteiger partial charge in [0.2, 0.25) is 5.91 Å². The Morgan fingerprint density at radius 1 is 0.711 bits per heavy atom. The van der Waals surface area contributed by atoms with Gasteiger partial charge in [-0.25, -0.2) is 0 Å². The first-order valence-electron chi connectivity index (χ1n) is 14.0. The summed E-state index contributed by atoms with van der Waals surface area (Å²) in [4.78, 5) is 40.1. The number of ether oxygens (including phenoxy) is 3. The van der Waals surface area contributed by atoms with Gasteiger partial charge < -0.3 is 30.2 Å². The van der Waals surface area contributed by atoms with Gasteiger partial charge in [0.25, 0.3) is 11.8 Å². The van der Waals surface area contributed by atoms with E-state index in [0.717, 1.165) is 21.7 Å². The summed E-state index contributed by atoms with van der Waals surface area (Å²) in [6.07, 6.45) is 1.51. The smallest absolute Gasteiger partial charge is 0.272 e. The number of rotatable bonds is 12. The molecular formula is C35H35N3O6S. The van der Waals surface area contributed by atoms with Crippen LogP contribution < -0.4 is 30.2 Å². The summed E-state index contributed by atoms with van der Waals surface area (Å²) in [7, 11) is 4.50. The van der Waals surface area contributed by atoms with Crippen LogP contribution in [0, 0.1) is 13.8 Å². The van der Waals surface area contributed by atoms with Crippen LogP contribution in [0.1, 0.15) is 27.0 Å². The Morgan fingerprint density at radius 3 is 2.04 bits per heavy atom. The lowest BCUT2D eigenvalue weighted by Crippen LogP contribution is -2.30. The molecule has 0 unspecified atom stereocenters. The Labute approximate surface area is 267 Å². The van der Waals surface area contributed by atoms with Gasteiger partial charge in [-0.2, -0.15) is 0 Å². The molecule has 0 spiro atoms. The summed E-state index contributed by atoms with van der Waals surface area (Å²) >= 11 is 1.34. The molecule has 0 aliphatic heterocycles. The summed E-state index contributed by atoms with van der Waals surface area (Å²) < 4.78 is 16.3. The van der Waals surface area contributed by atoms with Gasteiger partial charge in [0.1, 0.15) is 11.4 Å². The number of benzene rings is 4. The molecule has 0 bridgehead atoms. The predicted octanol–water partition coefficient (Wildman–Crippen LogP) is 6.47. The van der Waals surface area contributed by atoms with E-state index in [4.69, 9.17) is 14.2 Å². The van der Waals surface area contributed by atoms with Crippen LogP contribution >= 0.6 is 11.8 Å². The minimum absolute atomic E-state index is 0.0275. The molecule has 0 aliphatic rings. The van der Waals surface area contributed by atoms with Crippen LogP contribution in [0.25, 0.3) is 6.08 Å². The maximum atomic E-state index is 13.6. The maximum absolute atomic E-state index is 13.6. The molecule has 0 fully saturated rings. The van der Waals surface area contributed by atoms with Gasteiger partial charge in [-0.1, -0.05) is 30.3 Å². The highest BCUT2D eigenvalue weighted by molar-refractivity contribution is 8.00. The highest BCUT2D eigenvalue weighted by Crippen LogP contribution is 2.35. The Morgan fingerprint density at radius 2 is 1.38 bits per heavy atom. The summed E-state index contributed by atoms with van der Waals surface area (Å²) in [6, 6.07) is 24.9. The van der Waals surface area contributed by atoms with E-state index in [1.807, 2.05) is 38.1 Å². The van der Waals surface area contributed by atoms with Crippen molar-refractivity contribution in [3.63, 3.8) is 0 Å². The van der Waals surface area contributed by atoms with Gasteiger partial charge in [-0.15, -0.1) is 11.8 Å². The number of carbonyl (C=O) groups excluding carboxylic acids is 3. The standard InChI is InChI=1S/C35H35N3O6S/c1-22-14-23(2)16-27(15-22)36-33(39)21-45-28-13-9-12-26(19-28)37-35(41)29(38-34(40)24-10-7-6-8-11-24)17-25-18-31(43-4)32(44-5)20-30(25)42-3/h6-20H,21H2,1-5H3,(H,36,39)(H,37,41)(H,38,40)/b29-17+. The second kappa shape index (κ2) is 15.5. The molecule has 3 amide bonds. The molecule has 0 atom stereocenters. The van der Waals surface area contributed by atoms with E-state index >= 15 is 0 Å². The van der Waals surface area contributed by atoms with Crippen LogP contribution in [0.4, 0.5) is 11.4 Å². The molecule has 0 radical (unpaired) electrons. The van der Waals surface area contributed by atoms with Crippen molar-refractivity contribution in [1.29, 1.82) is 0 Å². The number of anilines is 2. The number of nitrogens with one attached hydrogen (secondary N) is 3. The molecule has 9 nitrogen and oxygen atoms in total. The van der Waals surface area contributed by atoms with Crippen molar-refractivity contribution in [3.8, 4) is 17.2 Å². The highest BCUT2D eigenvalue weighted by Gasteiger charge is 2.18. The summed E-state index contributed by atoms with van der Waals surface area (Å²) in [5.74, 6) is 0.289. The van der Waals surface area contributed by atoms with Crippen molar-refractivity contribution in [1.82, 2.24) is 5.32 Å². The fourth-order valence-electron chi connectivity index (χ4n) is 4.52. The second-order valence-corrected chi connectivity index (χ2v) is 11.1. The number of thioether (sulfide) groups is 1. The number of aryl methyl sites for hydroxylation is 2. The van der Waals surface area contributed by atoms with Gasteiger partial charge in [0, 0.05) is 33.5 Å². The SMILES string of the molecule is COc1cc(OC)c(OC)cc1/C=C(/NC(=O)c1ccccc1)C(=O)Nc1cccc(SCC(=O)Nc2cc(C)cc(C)c2)c1. The van der Waals surface area contributed by atoms with E-state index in [1.165, 1.54) is 39.2 Å². The van der Waals surface area contributed by atoms with Crippen LogP contribution in [0.2, 0.25) is 0 Å². The summed E-state index contributed by atoms with van der Waals surface area (Å²) in [5.41, 5.74) is 4.21. The lowest BCUT2D eigenvalue weighted by Gasteiger charge is -2.15. The van der Waals surface area contributed by atoms with Gasteiger partial charge in [0.15, 0.2) is 11.5 Å². The van der Waals surface area contributed by atoms with Crippen molar-refractivity contribution in [2.24, 2.45) is 0 Å². The zero-order valence-corrected chi connectivity index (χ0v) is 26.5.